The zero-order chi connectivity index (χ0) is 15.1. The molecule has 1 saturated heterocycles. The number of fused-ring (bicyclic) bond motifs is 1. The predicted octanol–water partition coefficient (Wildman–Crippen LogP) is 3.40. The van der Waals surface area contributed by atoms with Crippen molar-refractivity contribution in [2.45, 2.75) is 43.7 Å². The van der Waals surface area contributed by atoms with Gasteiger partial charge in [-0.1, -0.05) is 18.2 Å². The third-order valence-electron chi connectivity index (χ3n) is 5.09. The van der Waals surface area contributed by atoms with Crippen LogP contribution in [0.5, 0.6) is 0 Å². The molecule has 1 aromatic rings. The van der Waals surface area contributed by atoms with E-state index in [9.17, 15) is 0 Å². The molecule has 22 heavy (non-hydrogen) atoms. The van der Waals surface area contributed by atoms with Gasteiger partial charge in [0.15, 0.2) is 0 Å². The van der Waals surface area contributed by atoms with Gasteiger partial charge < -0.3 is 9.62 Å². The molecule has 118 valence electrons. The molecule has 1 saturated carbocycles. The second-order valence-corrected chi connectivity index (χ2v) is 7.87. The van der Waals surface area contributed by atoms with Gasteiger partial charge in [0.2, 0.25) is 0 Å². The van der Waals surface area contributed by atoms with Crippen molar-refractivity contribution in [3.63, 3.8) is 0 Å². The van der Waals surface area contributed by atoms with E-state index in [1.54, 1.807) is 11.9 Å². The number of rotatable bonds is 3. The highest BCUT2D eigenvalue weighted by Gasteiger charge is 2.34. The van der Waals surface area contributed by atoms with Crippen LogP contribution in [0.3, 0.4) is 0 Å². The van der Waals surface area contributed by atoms with Crippen LogP contribution in [-0.2, 0) is 0 Å². The summed E-state index contributed by atoms with van der Waals surface area (Å²) in [7, 11) is 0. The first-order valence-electron chi connectivity index (χ1n) is 8.45. The van der Waals surface area contributed by atoms with E-state index in [1.807, 2.05) is 0 Å². The van der Waals surface area contributed by atoms with Gasteiger partial charge in [0, 0.05) is 36.6 Å². The lowest BCUT2D eigenvalue weighted by molar-refractivity contribution is 0.0600. The first kappa shape index (κ1) is 14.5. The molecule has 3 aliphatic rings. The molecule has 4 rings (SSSR count). The highest BCUT2D eigenvalue weighted by Crippen LogP contribution is 2.33. The van der Waals surface area contributed by atoms with E-state index in [0.29, 0.717) is 12.1 Å². The minimum atomic E-state index is 0.569. The van der Waals surface area contributed by atoms with Gasteiger partial charge in [0.25, 0.3) is 0 Å². The van der Waals surface area contributed by atoms with Crippen LogP contribution >= 0.6 is 11.9 Å². The van der Waals surface area contributed by atoms with Gasteiger partial charge in [0.05, 0.1) is 0 Å². The Balaban J connectivity index is 1.50. The highest BCUT2D eigenvalue weighted by atomic mass is 32.2. The standard InChI is InChI=1S/C18H25N3S/c1-13-11-21(14(2)10-20(13)12-15-7-8-15)18-9-16-5-3-4-6-17(16)22-19-18/h3-6,9,13-15,19H,7-8,10-12H2,1-2H3/t13-,14+/m1/s1. The van der Waals surface area contributed by atoms with Crippen molar-refractivity contribution in [2.75, 3.05) is 19.6 Å². The number of nitrogens with one attached hydrogen (secondary N) is 1. The van der Waals surface area contributed by atoms with Crippen molar-refractivity contribution in [1.29, 1.82) is 0 Å². The molecule has 0 radical (unpaired) electrons. The normalized spacial score (nSPS) is 28.8. The topological polar surface area (TPSA) is 18.5 Å². The molecule has 2 fully saturated rings. The summed E-state index contributed by atoms with van der Waals surface area (Å²) in [6.45, 7) is 8.35. The Labute approximate surface area is 137 Å². The first-order chi connectivity index (χ1) is 10.7. The summed E-state index contributed by atoms with van der Waals surface area (Å²) in [5, 5.41) is 0. The Morgan fingerprint density at radius 1 is 1.14 bits per heavy atom. The SMILES string of the molecule is C[C@@H]1CN(C2=Cc3ccccc3SN2)[C@@H](C)CN1CC1CC1. The molecule has 0 amide bonds. The molecule has 2 atom stereocenters. The summed E-state index contributed by atoms with van der Waals surface area (Å²) in [4.78, 5) is 6.57. The largest absolute Gasteiger partial charge is 0.352 e. The van der Waals surface area contributed by atoms with Gasteiger partial charge in [0.1, 0.15) is 5.82 Å². The minimum absolute atomic E-state index is 0.569. The lowest BCUT2D eigenvalue weighted by atomic mass is 10.1. The Bertz CT molecular complexity index is 581. The third kappa shape index (κ3) is 2.86. The summed E-state index contributed by atoms with van der Waals surface area (Å²) < 4.78 is 3.55. The van der Waals surface area contributed by atoms with Crippen LogP contribution in [-0.4, -0.2) is 41.5 Å². The van der Waals surface area contributed by atoms with Crippen molar-refractivity contribution in [1.82, 2.24) is 14.5 Å². The van der Waals surface area contributed by atoms with Crippen molar-refractivity contribution >= 4 is 18.0 Å². The molecule has 2 heterocycles. The van der Waals surface area contributed by atoms with Crippen LogP contribution in [0.25, 0.3) is 6.08 Å². The Hall–Kier alpha value is -1.13. The second kappa shape index (κ2) is 5.82. The predicted molar refractivity (Wildman–Crippen MR) is 93.3 cm³/mol. The molecule has 4 heteroatoms. The van der Waals surface area contributed by atoms with Gasteiger partial charge in [-0.05, 0) is 62.3 Å². The van der Waals surface area contributed by atoms with Crippen molar-refractivity contribution in [3.05, 3.63) is 35.6 Å². The number of hydrogen-bond donors (Lipinski definition) is 1. The number of benzene rings is 1. The monoisotopic (exact) mass is 315 g/mol. The molecule has 0 bridgehead atoms. The Morgan fingerprint density at radius 2 is 1.95 bits per heavy atom. The van der Waals surface area contributed by atoms with Crippen LogP contribution in [0.4, 0.5) is 0 Å². The van der Waals surface area contributed by atoms with E-state index in [-0.39, 0.29) is 0 Å². The van der Waals surface area contributed by atoms with Crippen LogP contribution in [0.15, 0.2) is 35.0 Å². The average Bonchev–Trinajstić information content (AvgIpc) is 3.34. The third-order valence-corrected chi connectivity index (χ3v) is 5.99. The second-order valence-electron chi connectivity index (χ2n) is 7.02. The molecule has 1 aliphatic carbocycles. The number of piperazine rings is 1. The molecular weight excluding hydrogens is 290 g/mol. The number of nitrogens with zero attached hydrogens (tertiary/aromatic N) is 2. The van der Waals surface area contributed by atoms with Gasteiger partial charge in [-0.15, -0.1) is 0 Å². The van der Waals surface area contributed by atoms with Crippen LogP contribution < -0.4 is 4.72 Å². The summed E-state index contributed by atoms with van der Waals surface area (Å²) >= 11 is 1.74. The molecule has 0 spiro atoms. The number of hydrogen-bond acceptors (Lipinski definition) is 4. The Kier molecular flexibility index (Phi) is 3.82. The van der Waals surface area contributed by atoms with Crippen LogP contribution in [0.2, 0.25) is 0 Å². The van der Waals surface area contributed by atoms with E-state index in [2.05, 4.69) is 58.7 Å². The minimum Gasteiger partial charge on any atom is -0.352 e. The fourth-order valence-electron chi connectivity index (χ4n) is 3.54. The van der Waals surface area contributed by atoms with E-state index in [4.69, 9.17) is 0 Å². The molecule has 2 aliphatic heterocycles. The maximum atomic E-state index is 3.55. The average molecular weight is 315 g/mol. The maximum absolute atomic E-state index is 3.55. The summed E-state index contributed by atoms with van der Waals surface area (Å²) in [5.74, 6) is 2.25. The van der Waals surface area contributed by atoms with Crippen LogP contribution in [0.1, 0.15) is 32.3 Å². The van der Waals surface area contributed by atoms with Crippen LogP contribution in [0, 0.1) is 5.92 Å². The molecule has 0 unspecified atom stereocenters. The maximum Gasteiger partial charge on any atom is 0.113 e. The van der Waals surface area contributed by atoms with Crippen molar-refractivity contribution in [2.24, 2.45) is 5.92 Å². The first-order valence-corrected chi connectivity index (χ1v) is 9.26. The lowest BCUT2D eigenvalue weighted by Gasteiger charge is -2.46. The zero-order valence-electron chi connectivity index (χ0n) is 13.5. The van der Waals surface area contributed by atoms with Crippen molar-refractivity contribution in [3.8, 4) is 0 Å². The zero-order valence-corrected chi connectivity index (χ0v) is 14.3. The fourth-order valence-corrected chi connectivity index (χ4v) is 4.32. The molecule has 3 nitrogen and oxygen atoms in total. The smallest absolute Gasteiger partial charge is 0.113 e. The molecule has 0 aromatic heterocycles. The fraction of sp³-hybridized carbons (Fsp3) is 0.556. The molecular formula is C18H25N3S. The van der Waals surface area contributed by atoms with Gasteiger partial charge in [-0.2, -0.15) is 0 Å². The Morgan fingerprint density at radius 3 is 2.77 bits per heavy atom. The molecule has 1 aromatic carbocycles. The van der Waals surface area contributed by atoms with E-state index in [0.717, 1.165) is 12.5 Å². The lowest BCUT2D eigenvalue weighted by Crippen LogP contribution is -2.57. The summed E-state index contributed by atoms with van der Waals surface area (Å²) in [5.41, 5.74) is 1.33. The van der Waals surface area contributed by atoms with E-state index in [1.165, 1.54) is 42.2 Å². The van der Waals surface area contributed by atoms with Crippen molar-refractivity contribution < 1.29 is 0 Å². The highest BCUT2D eigenvalue weighted by molar-refractivity contribution is 7.97. The van der Waals surface area contributed by atoms with Gasteiger partial charge in [-0.3, -0.25) is 4.90 Å². The summed E-state index contributed by atoms with van der Waals surface area (Å²) in [6, 6.07) is 9.83. The molecule has 1 N–H and O–H groups in total. The van der Waals surface area contributed by atoms with E-state index < -0.39 is 0 Å². The van der Waals surface area contributed by atoms with Gasteiger partial charge >= 0.3 is 0 Å². The van der Waals surface area contributed by atoms with Gasteiger partial charge in [-0.25, -0.2) is 0 Å². The quantitative estimate of drug-likeness (QED) is 0.861. The van der Waals surface area contributed by atoms with E-state index >= 15 is 0 Å². The summed E-state index contributed by atoms with van der Waals surface area (Å²) in [6.07, 6.45) is 5.20.